The van der Waals surface area contributed by atoms with Gasteiger partial charge in [0.1, 0.15) is 5.69 Å². The van der Waals surface area contributed by atoms with Crippen LogP contribution in [0.15, 0.2) is 29.6 Å². The van der Waals surface area contributed by atoms with Crippen LogP contribution in [0.2, 0.25) is 5.02 Å². The summed E-state index contributed by atoms with van der Waals surface area (Å²) in [5.41, 5.74) is -0.123. The van der Waals surface area contributed by atoms with Crippen LogP contribution in [0.3, 0.4) is 0 Å². The molecule has 0 bridgehead atoms. The van der Waals surface area contributed by atoms with Gasteiger partial charge in [0, 0.05) is 21.3 Å². The molecule has 1 amide bonds. The number of carbonyl (C=O) groups is 1. The summed E-state index contributed by atoms with van der Waals surface area (Å²) in [5, 5.41) is 4.31. The second-order valence-electron chi connectivity index (χ2n) is 4.40. The van der Waals surface area contributed by atoms with Crippen LogP contribution in [0.4, 0.5) is 18.3 Å². The number of nitrogens with one attached hydrogen (secondary N) is 2. The third-order valence-corrected chi connectivity index (χ3v) is 3.84. The molecule has 2 N–H and O–H groups in total. The standard InChI is InChI=1S/C13H7ClF3N3OS/c14-7-1-2-8-6(3-7)4-9(18-8)11(21)20-12-19-10(5-22-12)13(15,16)17/h1-5,18H,(H,19,20,21). The lowest BCUT2D eigenvalue weighted by Gasteiger charge is -2.01. The zero-order valence-electron chi connectivity index (χ0n) is 10.7. The zero-order valence-corrected chi connectivity index (χ0v) is 12.2. The van der Waals surface area contributed by atoms with Gasteiger partial charge in [0.2, 0.25) is 0 Å². The van der Waals surface area contributed by atoms with E-state index in [0.717, 1.165) is 10.8 Å². The van der Waals surface area contributed by atoms with Crippen molar-refractivity contribution in [3.8, 4) is 0 Å². The molecule has 22 heavy (non-hydrogen) atoms. The van der Waals surface area contributed by atoms with Crippen molar-refractivity contribution in [3.63, 3.8) is 0 Å². The van der Waals surface area contributed by atoms with E-state index in [0.29, 0.717) is 21.9 Å². The number of fused-ring (bicyclic) bond motifs is 1. The summed E-state index contributed by atoms with van der Waals surface area (Å²) >= 11 is 6.56. The Kier molecular flexibility index (Phi) is 3.57. The molecule has 3 aromatic rings. The molecule has 2 heterocycles. The molecule has 9 heteroatoms. The number of anilines is 1. The SMILES string of the molecule is O=C(Nc1nc(C(F)(F)F)cs1)c1cc2cc(Cl)ccc2[nH]1. The predicted octanol–water partition coefficient (Wildman–Crippen LogP) is 4.55. The van der Waals surface area contributed by atoms with Crippen molar-refractivity contribution in [3.05, 3.63) is 46.1 Å². The number of benzene rings is 1. The highest BCUT2D eigenvalue weighted by atomic mass is 35.5. The van der Waals surface area contributed by atoms with Gasteiger partial charge in [-0.2, -0.15) is 13.2 Å². The fourth-order valence-electron chi connectivity index (χ4n) is 1.85. The lowest BCUT2D eigenvalue weighted by atomic mass is 10.2. The summed E-state index contributed by atoms with van der Waals surface area (Å²) in [4.78, 5) is 18.2. The molecule has 0 saturated heterocycles. The van der Waals surface area contributed by atoms with Crippen LogP contribution in [0, 0.1) is 0 Å². The summed E-state index contributed by atoms with van der Waals surface area (Å²) in [7, 11) is 0. The molecule has 0 saturated carbocycles. The molecule has 0 spiro atoms. The van der Waals surface area contributed by atoms with Crippen LogP contribution in [-0.2, 0) is 6.18 Å². The molecule has 0 unspecified atom stereocenters. The fourth-order valence-corrected chi connectivity index (χ4v) is 2.74. The summed E-state index contributed by atoms with van der Waals surface area (Å²) in [6.07, 6.45) is -4.53. The molecule has 2 aromatic heterocycles. The Morgan fingerprint density at radius 1 is 1.32 bits per heavy atom. The average Bonchev–Trinajstić information content (AvgIpc) is 3.03. The van der Waals surface area contributed by atoms with E-state index >= 15 is 0 Å². The number of thiazole rings is 1. The van der Waals surface area contributed by atoms with Gasteiger partial charge in [-0.05, 0) is 24.3 Å². The first kappa shape index (κ1) is 14.9. The summed E-state index contributed by atoms with van der Waals surface area (Å²) < 4.78 is 37.4. The Morgan fingerprint density at radius 2 is 2.09 bits per heavy atom. The first-order chi connectivity index (χ1) is 10.3. The Morgan fingerprint density at radius 3 is 2.77 bits per heavy atom. The van der Waals surface area contributed by atoms with Gasteiger partial charge in [-0.15, -0.1) is 11.3 Å². The quantitative estimate of drug-likeness (QED) is 0.716. The lowest BCUT2D eigenvalue weighted by molar-refractivity contribution is -0.140. The summed E-state index contributed by atoms with van der Waals surface area (Å²) in [6.45, 7) is 0. The maximum atomic E-state index is 12.5. The maximum absolute atomic E-state index is 12.5. The number of H-pyrrole nitrogens is 1. The van der Waals surface area contributed by atoms with Gasteiger partial charge in [0.15, 0.2) is 10.8 Å². The van der Waals surface area contributed by atoms with Gasteiger partial charge in [-0.25, -0.2) is 4.98 Å². The smallest absolute Gasteiger partial charge is 0.351 e. The van der Waals surface area contributed by atoms with Gasteiger partial charge in [0.25, 0.3) is 5.91 Å². The van der Waals surface area contributed by atoms with E-state index < -0.39 is 17.8 Å². The minimum Gasteiger partial charge on any atom is -0.351 e. The van der Waals surface area contributed by atoms with Crippen molar-refractivity contribution < 1.29 is 18.0 Å². The van der Waals surface area contributed by atoms with Crippen molar-refractivity contribution in [1.82, 2.24) is 9.97 Å². The number of aromatic nitrogens is 2. The number of alkyl halides is 3. The third-order valence-electron chi connectivity index (χ3n) is 2.84. The maximum Gasteiger partial charge on any atom is 0.434 e. The normalized spacial score (nSPS) is 11.8. The van der Waals surface area contributed by atoms with E-state index in [1.165, 1.54) is 0 Å². The molecule has 4 nitrogen and oxygen atoms in total. The number of hydrogen-bond donors (Lipinski definition) is 2. The number of rotatable bonds is 2. The van der Waals surface area contributed by atoms with Crippen LogP contribution in [0.5, 0.6) is 0 Å². The van der Waals surface area contributed by atoms with E-state index in [-0.39, 0.29) is 10.8 Å². The van der Waals surface area contributed by atoms with Gasteiger partial charge >= 0.3 is 6.18 Å². The van der Waals surface area contributed by atoms with Crippen molar-refractivity contribution in [2.45, 2.75) is 6.18 Å². The Bertz CT molecular complexity index is 856. The summed E-state index contributed by atoms with van der Waals surface area (Å²) in [6, 6.07) is 6.61. The van der Waals surface area contributed by atoms with Gasteiger partial charge in [-0.1, -0.05) is 11.6 Å². The first-order valence-corrected chi connectivity index (χ1v) is 7.21. The van der Waals surface area contributed by atoms with E-state index in [4.69, 9.17) is 11.6 Å². The first-order valence-electron chi connectivity index (χ1n) is 5.95. The molecular weight excluding hydrogens is 339 g/mol. The Balaban J connectivity index is 1.82. The number of aromatic amines is 1. The number of halogens is 4. The van der Waals surface area contributed by atoms with Crippen molar-refractivity contribution >= 4 is 44.9 Å². The van der Waals surface area contributed by atoms with Crippen LogP contribution < -0.4 is 5.32 Å². The van der Waals surface area contributed by atoms with Crippen molar-refractivity contribution in [2.75, 3.05) is 5.32 Å². The monoisotopic (exact) mass is 345 g/mol. The lowest BCUT2D eigenvalue weighted by Crippen LogP contribution is -2.13. The average molecular weight is 346 g/mol. The molecule has 3 rings (SSSR count). The Labute approximate surface area is 130 Å². The molecular formula is C13H7ClF3N3OS. The Hall–Kier alpha value is -2.06. The van der Waals surface area contributed by atoms with Crippen LogP contribution in [0.25, 0.3) is 10.9 Å². The van der Waals surface area contributed by atoms with E-state index in [9.17, 15) is 18.0 Å². The van der Waals surface area contributed by atoms with E-state index in [1.807, 2.05) is 0 Å². The van der Waals surface area contributed by atoms with Gasteiger partial charge in [0.05, 0.1) is 0 Å². The predicted molar refractivity (Wildman–Crippen MR) is 78.4 cm³/mol. The molecule has 0 radical (unpaired) electrons. The third kappa shape index (κ3) is 2.93. The highest BCUT2D eigenvalue weighted by Crippen LogP contribution is 2.31. The second-order valence-corrected chi connectivity index (χ2v) is 5.70. The van der Waals surface area contributed by atoms with Crippen molar-refractivity contribution in [2.24, 2.45) is 0 Å². The van der Waals surface area contributed by atoms with E-state index in [2.05, 4.69) is 15.3 Å². The van der Waals surface area contributed by atoms with Crippen LogP contribution in [0.1, 0.15) is 16.2 Å². The van der Waals surface area contributed by atoms with E-state index in [1.54, 1.807) is 24.3 Å². The minimum absolute atomic E-state index is 0.117. The second kappa shape index (κ2) is 5.29. The number of amides is 1. The number of carbonyl (C=O) groups excluding carboxylic acids is 1. The molecule has 0 aliphatic heterocycles. The summed E-state index contributed by atoms with van der Waals surface area (Å²) in [5.74, 6) is -0.574. The van der Waals surface area contributed by atoms with Crippen LogP contribution in [-0.4, -0.2) is 15.9 Å². The van der Waals surface area contributed by atoms with Gasteiger partial charge in [-0.3, -0.25) is 10.1 Å². The topological polar surface area (TPSA) is 57.8 Å². The zero-order chi connectivity index (χ0) is 15.9. The molecule has 0 atom stereocenters. The number of nitrogens with zero attached hydrogens (tertiary/aromatic N) is 1. The molecule has 0 aliphatic rings. The fraction of sp³-hybridized carbons (Fsp3) is 0.0769. The highest BCUT2D eigenvalue weighted by Gasteiger charge is 2.33. The molecule has 1 aromatic carbocycles. The molecule has 0 aliphatic carbocycles. The number of hydrogen-bond acceptors (Lipinski definition) is 3. The van der Waals surface area contributed by atoms with Crippen molar-refractivity contribution in [1.29, 1.82) is 0 Å². The van der Waals surface area contributed by atoms with Crippen LogP contribution >= 0.6 is 22.9 Å². The minimum atomic E-state index is -4.53. The molecule has 114 valence electrons. The van der Waals surface area contributed by atoms with Gasteiger partial charge < -0.3 is 4.98 Å². The largest absolute Gasteiger partial charge is 0.434 e. The molecule has 0 fully saturated rings. The highest BCUT2D eigenvalue weighted by molar-refractivity contribution is 7.14.